The van der Waals surface area contributed by atoms with Crippen LogP contribution in [0.5, 0.6) is 0 Å². The molecular formula is C13H19ClFN3O2. The van der Waals surface area contributed by atoms with Crippen molar-refractivity contribution in [2.75, 3.05) is 20.1 Å². The summed E-state index contributed by atoms with van der Waals surface area (Å²) in [7, 11) is 1.97. The number of hydrogen-bond acceptors (Lipinski definition) is 4. The molecule has 0 aromatic heterocycles. The van der Waals surface area contributed by atoms with Crippen molar-refractivity contribution in [2.24, 2.45) is 0 Å². The number of rotatable bonds is 4. The minimum Gasteiger partial charge on any atom is -0.317 e. The highest BCUT2D eigenvalue weighted by Gasteiger charge is 2.19. The van der Waals surface area contributed by atoms with Crippen LogP contribution in [-0.4, -0.2) is 36.0 Å². The lowest BCUT2D eigenvalue weighted by Crippen LogP contribution is -2.40. The molecule has 1 saturated heterocycles. The summed E-state index contributed by atoms with van der Waals surface area (Å²) in [6, 6.07) is 4.29. The van der Waals surface area contributed by atoms with Crippen LogP contribution in [0.3, 0.4) is 0 Å². The molecule has 0 atom stereocenters. The van der Waals surface area contributed by atoms with Crippen molar-refractivity contribution in [3.63, 3.8) is 0 Å². The zero-order valence-electron chi connectivity index (χ0n) is 11.3. The minimum absolute atomic E-state index is 0. The zero-order valence-corrected chi connectivity index (χ0v) is 12.2. The molecule has 0 saturated carbocycles. The number of nitrogens with zero attached hydrogens (tertiary/aromatic N) is 2. The third-order valence-corrected chi connectivity index (χ3v) is 3.60. The van der Waals surface area contributed by atoms with Gasteiger partial charge in [-0.3, -0.25) is 15.0 Å². The third kappa shape index (κ3) is 4.13. The second-order valence-corrected chi connectivity index (χ2v) is 4.93. The largest absolute Gasteiger partial charge is 0.317 e. The summed E-state index contributed by atoms with van der Waals surface area (Å²) in [6.45, 7) is 2.45. The van der Waals surface area contributed by atoms with Crippen molar-refractivity contribution in [3.05, 3.63) is 39.7 Å². The molecule has 0 unspecified atom stereocenters. The van der Waals surface area contributed by atoms with E-state index in [1.54, 1.807) is 0 Å². The van der Waals surface area contributed by atoms with Crippen LogP contribution in [0.4, 0.5) is 10.1 Å². The first-order chi connectivity index (χ1) is 9.08. The molecule has 20 heavy (non-hydrogen) atoms. The monoisotopic (exact) mass is 303 g/mol. The molecule has 0 amide bonds. The fraction of sp³-hybridized carbons (Fsp3) is 0.538. The summed E-state index contributed by atoms with van der Waals surface area (Å²) in [4.78, 5) is 12.1. The van der Waals surface area contributed by atoms with Gasteiger partial charge in [-0.25, -0.2) is 4.39 Å². The quantitative estimate of drug-likeness (QED) is 0.685. The molecule has 1 aliphatic rings. The van der Waals surface area contributed by atoms with Crippen molar-refractivity contribution in [1.82, 2.24) is 10.2 Å². The van der Waals surface area contributed by atoms with E-state index in [-0.39, 0.29) is 18.1 Å². The van der Waals surface area contributed by atoms with Crippen LogP contribution in [0.1, 0.15) is 18.4 Å². The van der Waals surface area contributed by atoms with Gasteiger partial charge in [0.15, 0.2) is 0 Å². The molecule has 0 aliphatic carbocycles. The standard InChI is InChI=1S/C13H18FN3O2.ClH/c1-16(11-4-6-15-7-5-11)9-10-2-3-12(17(18)19)8-13(10)14;/h2-3,8,11,15H,4-7,9H2,1H3;1H. The van der Waals surface area contributed by atoms with Gasteiger partial charge in [-0.05, 0) is 39.0 Å². The summed E-state index contributed by atoms with van der Waals surface area (Å²) in [5.41, 5.74) is 0.303. The van der Waals surface area contributed by atoms with E-state index >= 15 is 0 Å². The van der Waals surface area contributed by atoms with Gasteiger partial charge < -0.3 is 5.32 Å². The van der Waals surface area contributed by atoms with E-state index in [1.165, 1.54) is 12.1 Å². The molecule has 1 N–H and O–H groups in total. The molecule has 0 spiro atoms. The smallest absolute Gasteiger partial charge is 0.272 e. The number of nitrogens with one attached hydrogen (secondary N) is 1. The molecule has 0 bridgehead atoms. The third-order valence-electron chi connectivity index (χ3n) is 3.60. The van der Waals surface area contributed by atoms with Crippen LogP contribution in [-0.2, 0) is 6.54 Å². The number of hydrogen-bond donors (Lipinski definition) is 1. The van der Waals surface area contributed by atoms with Gasteiger partial charge >= 0.3 is 0 Å². The Morgan fingerprint density at radius 1 is 1.45 bits per heavy atom. The Labute approximate surface area is 123 Å². The van der Waals surface area contributed by atoms with Gasteiger partial charge in [-0.1, -0.05) is 0 Å². The normalized spacial score (nSPS) is 15.9. The lowest BCUT2D eigenvalue weighted by Gasteiger charge is -2.31. The molecule has 1 aromatic rings. The zero-order chi connectivity index (χ0) is 13.8. The van der Waals surface area contributed by atoms with Crippen molar-refractivity contribution >= 4 is 18.1 Å². The predicted octanol–water partition coefficient (Wildman–Crippen LogP) is 2.34. The number of nitro groups is 1. The summed E-state index contributed by atoms with van der Waals surface area (Å²) < 4.78 is 13.8. The van der Waals surface area contributed by atoms with Gasteiger partial charge in [0.25, 0.3) is 5.69 Å². The van der Waals surface area contributed by atoms with Crippen molar-refractivity contribution in [3.8, 4) is 0 Å². The Morgan fingerprint density at radius 2 is 2.10 bits per heavy atom. The maximum absolute atomic E-state index is 13.8. The fourth-order valence-electron chi connectivity index (χ4n) is 2.42. The molecular weight excluding hydrogens is 285 g/mol. The van der Waals surface area contributed by atoms with Gasteiger partial charge in [-0.15, -0.1) is 12.4 Å². The Hall–Kier alpha value is -1.24. The van der Waals surface area contributed by atoms with Crippen LogP contribution in [0, 0.1) is 15.9 Å². The second kappa shape index (κ2) is 7.52. The van der Waals surface area contributed by atoms with Crippen molar-refractivity contribution < 1.29 is 9.31 Å². The van der Waals surface area contributed by atoms with Crippen LogP contribution in [0.25, 0.3) is 0 Å². The SMILES string of the molecule is CN(Cc1ccc([N+](=O)[O-])cc1F)C1CCNCC1.Cl. The van der Waals surface area contributed by atoms with Gasteiger partial charge in [0.1, 0.15) is 5.82 Å². The highest BCUT2D eigenvalue weighted by atomic mass is 35.5. The van der Waals surface area contributed by atoms with Gasteiger partial charge in [0, 0.05) is 24.2 Å². The molecule has 0 radical (unpaired) electrons. The average Bonchev–Trinajstić information content (AvgIpc) is 2.41. The summed E-state index contributed by atoms with van der Waals surface area (Å²) in [5.74, 6) is -0.505. The van der Waals surface area contributed by atoms with Gasteiger partial charge in [-0.2, -0.15) is 0 Å². The number of benzene rings is 1. The maximum Gasteiger partial charge on any atom is 0.272 e. The van der Waals surface area contributed by atoms with E-state index in [2.05, 4.69) is 10.2 Å². The van der Waals surface area contributed by atoms with E-state index in [4.69, 9.17) is 0 Å². The van der Waals surface area contributed by atoms with E-state index in [0.29, 0.717) is 18.2 Å². The Balaban J connectivity index is 0.00000200. The molecule has 1 heterocycles. The van der Waals surface area contributed by atoms with Crippen LogP contribution < -0.4 is 5.32 Å². The van der Waals surface area contributed by atoms with Crippen LogP contribution >= 0.6 is 12.4 Å². The number of halogens is 2. The van der Waals surface area contributed by atoms with Gasteiger partial charge in [0.05, 0.1) is 11.0 Å². The topological polar surface area (TPSA) is 58.4 Å². The lowest BCUT2D eigenvalue weighted by molar-refractivity contribution is -0.385. The Morgan fingerprint density at radius 3 is 2.65 bits per heavy atom. The average molecular weight is 304 g/mol. The first-order valence-electron chi connectivity index (χ1n) is 6.41. The molecule has 1 fully saturated rings. The Bertz CT molecular complexity index is 467. The fourth-order valence-corrected chi connectivity index (χ4v) is 2.42. The van der Waals surface area contributed by atoms with Gasteiger partial charge in [0.2, 0.25) is 0 Å². The highest BCUT2D eigenvalue weighted by Crippen LogP contribution is 2.19. The second-order valence-electron chi connectivity index (χ2n) is 4.93. The first-order valence-corrected chi connectivity index (χ1v) is 6.41. The lowest BCUT2D eigenvalue weighted by atomic mass is 10.0. The van der Waals surface area contributed by atoms with E-state index in [1.807, 2.05) is 7.05 Å². The predicted molar refractivity (Wildman–Crippen MR) is 77.7 cm³/mol. The maximum atomic E-state index is 13.8. The molecule has 7 heteroatoms. The van der Waals surface area contributed by atoms with Crippen LogP contribution in [0.2, 0.25) is 0 Å². The van der Waals surface area contributed by atoms with E-state index in [9.17, 15) is 14.5 Å². The molecule has 112 valence electrons. The molecule has 5 nitrogen and oxygen atoms in total. The van der Waals surface area contributed by atoms with Crippen molar-refractivity contribution in [2.45, 2.75) is 25.4 Å². The van der Waals surface area contributed by atoms with E-state index < -0.39 is 10.7 Å². The summed E-state index contributed by atoms with van der Waals surface area (Å²) in [5, 5.41) is 13.8. The number of non-ortho nitro benzene ring substituents is 1. The number of piperidine rings is 1. The Kier molecular flexibility index (Phi) is 6.32. The van der Waals surface area contributed by atoms with Crippen LogP contribution in [0.15, 0.2) is 18.2 Å². The van der Waals surface area contributed by atoms with E-state index in [0.717, 1.165) is 32.0 Å². The highest BCUT2D eigenvalue weighted by molar-refractivity contribution is 5.85. The first kappa shape index (κ1) is 16.8. The molecule has 1 aromatic carbocycles. The van der Waals surface area contributed by atoms with Crippen molar-refractivity contribution in [1.29, 1.82) is 0 Å². The molecule has 2 rings (SSSR count). The summed E-state index contributed by atoms with van der Waals surface area (Å²) in [6.07, 6.45) is 2.09. The summed E-state index contributed by atoms with van der Waals surface area (Å²) >= 11 is 0. The molecule has 1 aliphatic heterocycles. The minimum atomic E-state index is -0.580. The number of nitro benzene ring substituents is 1.